The van der Waals surface area contributed by atoms with Gasteiger partial charge in [-0.15, -0.1) is 0 Å². The molecule has 0 aromatic carbocycles. The standard InChI is InChI=1S/C9H14N4O2/c1-6(13-5-10-4-11-13)8(9(14)15)12-7-2-3-7/h4-8,12H,2-3H2,1H3,(H,14,15). The highest BCUT2D eigenvalue weighted by molar-refractivity contribution is 5.74. The Bertz CT molecular complexity index is 334. The smallest absolute Gasteiger partial charge is 0.322 e. The molecule has 2 N–H and O–H groups in total. The Morgan fingerprint density at radius 1 is 1.67 bits per heavy atom. The second-order valence-electron chi connectivity index (χ2n) is 3.87. The van der Waals surface area contributed by atoms with E-state index >= 15 is 0 Å². The van der Waals surface area contributed by atoms with Crippen LogP contribution in [0.25, 0.3) is 0 Å². The predicted molar refractivity (Wildman–Crippen MR) is 52.3 cm³/mol. The van der Waals surface area contributed by atoms with Gasteiger partial charge in [-0.05, 0) is 19.8 Å². The van der Waals surface area contributed by atoms with E-state index in [1.807, 2.05) is 6.92 Å². The summed E-state index contributed by atoms with van der Waals surface area (Å²) in [5.41, 5.74) is 0. The lowest BCUT2D eigenvalue weighted by Crippen LogP contribution is -2.44. The summed E-state index contributed by atoms with van der Waals surface area (Å²) in [5, 5.41) is 16.1. The molecule has 0 bridgehead atoms. The summed E-state index contributed by atoms with van der Waals surface area (Å²) in [6.45, 7) is 1.82. The molecule has 0 saturated heterocycles. The van der Waals surface area contributed by atoms with Crippen molar-refractivity contribution in [1.82, 2.24) is 20.1 Å². The summed E-state index contributed by atoms with van der Waals surface area (Å²) in [7, 11) is 0. The first kappa shape index (κ1) is 10.1. The van der Waals surface area contributed by atoms with Crippen LogP contribution in [-0.4, -0.2) is 37.9 Å². The first-order valence-electron chi connectivity index (χ1n) is 5.01. The van der Waals surface area contributed by atoms with Crippen molar-refractivity contribution in [2.45, 2.75) is 37.9 Å². The normalized spacial score (nSPS) is 19.8. The van der Waals surface area contributed by atoms with Crippen molar-refractivity contribution in [2.75, 3.05) is 0 Å². The number of rotatable bonds is 5. The summed E-state index contributed by atoms with van der Waals surface area (Å²) in [4.78, 5) is 14.9. The van der Waals surface area contributed by atoms with E-state index in [0.29, 0.717) is 6.04 Å². The second-order valence-corrected chi connectivity index (χ2v) is 3.87. The highest BCUT2D eigenvalue weighted by atomic mass is 16.4. The van der Waals surface area contributed by atoms with Crippen LogP contribution in [0.3, 0.4) is 0 Å². The number of hydrogen-bond donors (Lipinski definition) is 2. The topological polar surface area (TPSA) is 80.0 Å². The van der Waals surface area contributed by atoms with Gasteiger partial charge in [0, 0.05) is 6.04 Å². The molecule has 1 saturated carbocycles. The third-order valence-electron chi connectivity index (χ3n) is 2.59. The van der Waals surface area contributed by atoms with Crippen LogP contribution in [0.15, 0.2) is 12.7 Å². The number of carboxylic acids is 1. The Labute approximate surface area is 87.3 Å². The van der Waals surface area contributed by atoms with Gasteiger partial charge in [0.25, 0.3) is 0 Å². The van der Waals surface area contributed by atoms with Crippen LogP contribution < -0.4 is 5.32 Å². The number of aromatic nitrogens is 3. The van der Waals surface area contributed by atoms with Gasteiger partial charge in [-0.1, -0.05) is 0 Å². The Hall–Kier alpha value is -1.43. The molecular weight excluding hydrogens is 196 g/mol. The highest BCUT2D eigenvalue weighted by Crippen LogP contribution is 2.22. The van der Waals surface area contributed by atoms with E-state index in [2.05, 4.69) is 15.4 Å². The maximum absolute atomic E-state index is 11.1. The molecule has 2 atom stereocenters. The lowest BCUT2D eigenvalue weighted by Gasteiger charge is -2.21. The van der Waals surface area contributed by atoms with Crippen LogP contribution >= 0.6 is 0 Å². The first-order chi connectivity index (χ1) is 7.18. The molecule has 0 radical (unpaired) electrons. The number of aliphatic carboxylic acids is 1. The van der Waals surface area contributed by atoms with Gasteiger partial charge < -0.3 is 5.11 Å². The SMILES string of the molecule is CC(C(NC1CC1)C(=O)O)n1cncn1. The van der Waals surface area contributed by atoms with Gasteiger partial charge in [-0.2, -0.15) is 5.10 Å². The summed E-state index contributed by atoms with van der Waals surface area (Å²) < 4.78 is 1.56. The molecule has 1 aliphatic carbocycles. The molecule has 82 valence electrons. The molecule has 1 aromatic heterocycles. The molecule has 0 amide bonds. The average molecular weight is 210 g/mol. The minimum absolute atomic E-state index is 0.231. The molecule has 1 heterocycles. The fraction of sp³-hybridized carbons (Fsp3) is 0.667. The maximum atomic E-state index is 11.1. The molecule has 6 nitrogen and oxygen atoms in total. The van der Waals surface area contributed by atoms with E-state index in [1.54, 1.807) is 4.68 Å². The fourth-order valence-electron chi connectivity index (χ4n) is 1.50. The van der Waals surface area contributed by atoms with Crippen molar-refractivity contribution < 1.29 is 9.90 Å². The van der Waals surface area contributed by atoms with Gasteiger partial charge in [-0.25, -0.2) is 9.67 Å². The van der Waals surface area contributed by atoms with E-state index < -0.39 is 12.0 Å². The quantitative estimate of drug-likeness (QED) is 0.717. The Morgan fingerprint density at radius 2 is 2.40 bits per heavy atom. The van der Waals surface area contributed by atoms with Crippen molar-refractivity contribution >= 4 is 5.97 Å². The monoisotopic (exact) mass is 210 g/mol. The minimum Gasteiger partial charge on any atom is -0.480 e. The van der Waals surface area contributed by atoms with Gasteiger partial charge in [0.05, 0.1) is 6.04 Å². The van der Waals surface area contributed by atoms with Gasteiger partial charge in [0.1, 0.15) is 18.7 Å². The Kier molecular flexibility index (Phi) is 2.68. The lowest BCUT2D eigenvalue weighted by molar-refractivity contribution is -0.140. The molecule has 2 rings (SSSR count). The molecule has 0 aliphatic heterocycles. The number of carboxylic acid groups (broad SMARTS) is 1. The summed E-state index contributed by atoms with van der Waals surface area (Å²) in [5.74, 6) is -0.843. The molecular formula is C9H14N4O2. The molecule has 6 heteroatoms. The Balaban J connectivity index is 2.05. The fourth-order valence-corrected chi connectivity index (χ4v) is 1.50. The predicted octanol–water partition coefficient (Wildman–Crippen LogP) is 0.0443. The number of nitrogens with zero attached hydrogens (tertiary/aromatic N) is 3. The van der Waals surface area contributed by atoms with E-state index in [1.165, 1.54) is 12.7 Å². The highest BCUT2D eigenvalue weighted by Gasteiger charge is 2.32. The maximum Gasteiger partial charge on any atom is 0.322 e. The van der Waals surface area contributed by atoms with Crippen LogP contribution in [-0.2, 0) is 4.79 Å². The van der Waals surface area contributed by atoms with Crippen molar-refractivity contribution in [3.63, 3.8) is 0 Å². The minimum atomic E-state index is -0.843. The zero-order valence-corrected chi connectivity index (χ0v) is 8.50. The summed E-state index contributed by atoms with van der Waals surface area (Å²) in [6.07, 6.45) is 5.07. The zero-order valence-electron chi connectivity index (χ0n) is 8.50. The van der Waals surface area contributed by atoms with Gasteiger partial charge in [0.15, 0.2) is 0 Å². The van der Waals surface area contributed by atoms with E-state index in [0.717, 1.165) is 12.8 Å². The Morgan fingerprint density at radius 3 is 2.87 bits per heavy atom. The molecule has 1 fully saturated rings. The molecule has 0 spiro atoms. The van der Waals surface area contributed by atoms with Gasteiger partial charge in [0.2, 0.25) is 0 Å². The number of carbonyl (C=O) groups is 1. The van der Waals surface area contributed by atoms with Crippen LogP contribution in [0.4, 0.5) is 0 Å². The number of nitrogens with one attached hydrogen (secondary N) is 1. The van der Waals surface area contributed by atoms with E-state index in [-0.39, 0.29) is 6.04 Å². The van der Waals surface area contributed by atoms with Crippen molar-refractivity contribution in [1.29, 1.82) is 0 Å². The van der Waals surface area contributed by atoms with Crippen LogP contribution in [0.5, 0.6) is 0 Å². The molecule has 1 aliphatic rings. The molecule has 2 unspecified atom stereocenters. The van der Waals surface area contributed by atoms with E-state index in [4.69, 9.17) is 5.11 Å². The summed E-state index contributed by atoms with van der Waals surface area (Å²) in [6, 6.07) is -0.470. The lowest BCUT2D eigenvalue weighted by atomic mass is 10.1. The first-order valence-corrected chi connectivity index (χ1v) is 5.01. The van der Waals surface area contributed by atoms with Gasteiger partial charge in [-0.3, -0.25) is 10.1 Å². The molecule has 15 heavy (non-hydrogen) atoms. The van der Waals surface area contributed by atoms with Crippen LogP contribution in [0.2, 0.25) is 0 Å². The largest absolute Gasteiger partial charge is 0.480 e. The van der Waals surface area contributed by atoms with Crippen LogP contribution in [0, 0.1) is 0 Å². The van der Waals surface area contributed by atoms with Gasteiger partial charge >= 0.3 is 5.97 Å². The second kappa shape index (κ2) is 3.98. The third-order valence-corrected chi connectivity index (χ3v) is 2.59. The third kappa shape index (κ3) is 2.33. The molecule has 1 aromatic rings. The van der Waals surface area contributed by atoms with Crippen LogP contribution in [0.1, 0.15) is 25.8 Å². The number of hydrogen-bond acceptors (Lipinski definition) is 4. The van der Waals surface area contributed by atoms with Crippen molar-refractivity contribution in [3.05, 3.63) is 12.7 Å². The van der Waals surface area contributed by atoms with Crippen molar-refractivity contribution in [2.24, 2.45) is 0 Å². The summed E-state index contributed by atoms with van der Waals surface area (Å²) >= 11 is 0. The van der Waals surface area contributed by atoms with E-state index in [9.17, 15) is 4.79 Å². The van der Waals surface area contributed by atoms with Crippen molar-refractivity contribution in [3.8, 4) is 0 Å². The average Bonchev–Trinajstić information content (AvgIpc) is 2.84. The zero-order chi connectivity index (χ0) is 10.8.